The van der Waals surface area contributed by atoms with Gasteiger partial charge in [-0.1, -0.05) is 34.1 Å². The maximum Gasteiger partial charge on any atom is 0.279 e. The molecule has 0 radical (unpaired) electrons. The fraction of sp³-hybridized carbons (Fsp3) is 0.0556. The van der Waals surface area contributed by atoms with Crippen LogP contribution in [0.15, 0.2) is 56.8 Å². The van der Waals surface area contributed by atoms with E-state index in [-0.39, 0.29) is 22.6 Å². The first-order valence-corrected chi connectivity index (χ1v) is 9.04. The van der Waals surface area contributed by atoms with E-state index in [0.717, 1.165) is 11.8 Å². The van der Waals surface area contributed by atoms with Crippen molar-refractivity contribution in [2.24, 2.45) is 4.99 Å². The molecule has 0 unspecified atom stereocenters. The number of ether oxygens (including phenoxy) is 1. The minimum Gasteiger partial charge on any atom is -0.504 e. The van der Waals surface area contributed by atoms with Crippen molar-refractivity contribution in [1.29, 1.82) is 0 Å². The third-order valence-electron chi connectivity index (χ3n) is 3.46. The minimum atomic E-state index is -0.429. The lowest BCUT2D eigenvalue weighted by Gasteiger charge is -2.06. The number of rotatable bonds is 3. The summed E-state index contributed by atoms with van der Waals surface area (Å²) in [6, 6.07) is 11.7. The monoisotopic (exact) mass is 432 g/mol. The molecule has 26 heavy (non-hydrogen) atoms. The van der Waals surface area contributed by atoms with Crippen LogP contribution in [-0.4, -0.2) is 29.2 Å². The molecular weight excluding hydrogens is 420 g/mol. The van der Waals surface area contributed by atoms with Crippen LogP contribution in [0, 0.1) is 0 Å². The number of nitrogens with zero attached hydrogens (tertiary/aromatic N) is 1. The average Bonchev–Trinajstić information content (AvgIpc) is 2.97. The molecule has 1 aliphatic rings. The summed E-state index contributed by atoms with van der Waals surface area (Å²) in [4.78, 5) is 28.6. The van der Waals surface area contributed by atoms with Gasteiger partial charge in [0.25, 0.3) is 11.8 Å². The Kier molecular flexibility index (Phi) is 5.43. The Morgan fingerprint density at radius 1 is 1.31 bits per heavy atom. The first kappa shape index (κ1) is 18.2. The Morgan fingerprint density at radius 2 is 2.04 bits per heavy atom. The van der Waals surface area contributed by atoms with Gasteiger partial charge in [-0.25, -0.2) is 0 Å². The molecule has 6 nitrogen and oxygen atoms in total. The van der Waals surface area contributed by atoms with Crippen LogP contribution in [0.2, 0.25) is 0 Å². The van der Waals surface area contributed by atoms with Crippen molar-refractivity contribution in [2.75, 3.05) is 7.11 Å². The normalized spacial score (nSPS) is 16.8. The summed E-state index contributed by atoms with van der Waals surface area (Å²) in [6.07, 6.45) is 1.63. The Bertz CT molecular complexity index is 942. The van der Waals surface area contributed by atoms with E-state index in [2.05, 4.69) is 26.2 Å². The average molecular weight is 433 g/mol. The van der Waals surface area contributed by atoms with Crippen LogP contribution in [0.5, 0.6) is 11.5 Å². The molecule has 1 saturated heterocycles. The van der Waals surface area contributed by atoms with E-state index >= 15 is 0 Å². The van der Waals surface area contributed by atoms with Gasteiger partial charge in [-0.3, -0.25) is 9.59 Å². The molecule has 0 saturated carbocycles. The van der Waals surface area contributed by atoms with Crippen molar-refractivity contribution >= 4 is 50.7 Å². The van der Waals surface area contributed by atoms with Gasteiger partial charge in [0.15, 0.2) is 16.7 Å². The van der Waals surface area contributed by atoms with Crippen molar-refractivity contribution in [3.63, 3.8) is 0 Å². The number of phenols is 1. The summed E-state index contributed by atoms with van der Waals surface area (Å²) in [5.74, 6) is -0.506. The molecule has 0 bridgehead atoms. The first-order valence-electron chi connectivity index (χ1n) is 7.43. The smallest absolute Gasteiger partial charge is 0.279 e. The van der Waals surface area contributed by atoms with Crippen molar-refractivity contribution < 1.29 is 19.4 Å². The van der Waals surface area contributed by atoms with Crippen molar-refractivity contribution in [3.05, 3.63) is 63.0 Å². The number of methoxy groups -OCH3 is 1. The Morgan fingerprint density at radius 3 is 2.73 bits per heavy atom. The molecule has 0 atom stereocenters. The molecule has 0 aliphatic carbocycles. The number of nitrogens with one attached hydrogen (secondary N) is 1. The summed E-state index contributed by atoms with van der Waals surface area (Å²) in [7, 11) is 1.44. The van der Waals surface area contributed by atoms with Crippen LogP contribution >= 0.6 is 27.7 Å². The van der Waals surface area contributed by atoms with Crippen molar-refractivity contribution in [2.45, 2.75) is 0 Å². The Hall–Kier alpha value is -2.58. The molecule has 0 aromatic heterocycles. The third-order valence-corrected chi connectivity index (χ3v) is 5.06. The zero-order valence-corrected chi connectivity index (χ0v) is 15.9. The van der Waals surface area contributed by atoms with Gasteiger partial charge in [0.1, 0.15) is 0 Å². The number of phenolic OH excluding ortho intramolecular Hbond substituents is 1. The van der Waals surface area contributed by atoms with Crippen molar-refractivity contribution in [1.82, 2.24) is 5.32 Å². The second kappa shape index (κ2) is 7.76. The van der Waals surface area contributed by atoms with Crippen molar-refractivity contribution in [3.8, 4) is 11.5 Å². The highest BCUT2D eigenvalue weighted by Crippen LogP contribution is 2.35. The molecule has 3 rings (SSSR count). The van der Waals surface area contributed by atoms with Gasteiger partial charge < -0.3 is 15.2 Å². The number of carbonyl (C=O) groups excluding carboxylic acids is 2. The minimum absolute atomic E-state index is 0.0132. The van der Waals surface area contributed by atoms with Crippen LogP contribution in [0.1, 0.15) is 15.9 Å². The van der Waals surface area contributed by atoms with E-state index in [0.29, 0.717) is 20.5 Å². The van der Waals surface area contributed by atoms with Crippen LogP contribution in [0.3, 0.4) is 0 Å². The van der Waals surface area contributed by atoms with Gasteiger partial charge in [0.2, 0.25) is 0 Å². The van der Waals surface area contributed by atoms with E-state index in [9.17, 15) is 14.7 Å². The largest absolute Gasteiger partial charge is 0.504 e. The summed E-state index contributed by atoms with van der Waals surface area (Å²) >= 11 is 4.41. The fourth-order valence-electron chi connectivity index (χ4n) is 2.19. The number of aliphatic imine (C=N–C) groups is 1. The van der Waals surface area contributed by atoms with Gasteiger partial charge in [0, 0.05) is 10.0 Å². The zero-order valence-electron chi connectivity index (χ0n) is 13.5. The molecule has 2 aromatic rings. The molecule has 1 fully saturated rings. The highest BCUT2D eigenvalue weighted by molar-refractivity contribution is 9.10. The zero-order chi connectivity index (χ0) is 18.7. The highest BCUT2D eigenvalue weighted by atomic mass is 79.9. The number of halogens is 1. The highest BCUT2D eigenvalue weighted by Gasteiger charge is 2.25. The number of hydrogen-bond acceptors (Lipinski definition) is 5. The third kappa shape index (κ3) is 3.97. The number of amidine groups is 1. The number of carbonyl (C=O) groups is 2. The predicted octanol–water partition coefficient (Wildman–Crippen LogP) is 3.56. The van der Waals surface area contributed by atoms with E-state index in [1.165, 1.54) is 13.2 Å². The van der Waals surface area contributed by atoms with Crippen LogP contribution < -0.4 is 10.1 Å². The molecule has 2 amide bonds. The molecular formula is C18H13BrN2O4S. The summed E-state index contributed by atoms with van der Waals surface area (Å²) in [5.41, 5.74) is 1.09. The molecule has 2 N–H and O–H groups in total. The number of aromatic hydroxyl groups is 1. The lowest BCUT2D eigenvalue weighted by Crippen LogP contribution is -2.20. The lowest BCUT2D eigenvalue weighted by molar-refractivity contribution is -0.115. The van der Waals surface area contributed by atoms with E-state index in [1.807, 2.05) is 0 Å². The second-order valence-electron chi connectivity index (χ2n) is 5.20. The molecule has 132 valence electrons. The maximum atomic E-state index is 12.2. The summed E-state index contributed by atoms with van der Waals surface area (Å²) in [5, 5.41) is 12.6. The SMILES string of the molecule is COc1cc(/C=C2\SC(=NC(=O)c3ccccc3)NC2=O)c(Br)cc1O. The van der Waals surface area contributed by atoms with Gasteiger partial charge >= 0.3 is 0 Å². The molecule has 0 spiro atoms. The van der Waals surface area contributed by atoms with E-state index < -0.39 is 5.91 Å². The van der Waals surface area contributed by atoms with E-state index in [1.54, 1.807) is 42.5 Å². The molecule has 8 heteroatoms. The number of benzene rings is 2. The predicted molar refractivity (Wildman–Crippen MR) is 104 cm³/mol. The standard InChI is InChI=1S/C18H13BrN2O4S/c1-25-14-7-11(12(19)9-13(14)22)8-15-17(24)21-18(26-15)20-16(23)10-5-3-2-4-6-10/h2-9,22H,1H3,(H,20,21,23,24)/b15-8-. The first-order chi connectivity index (χ1) is 12.5. The second-order valence-corrected chi connectivity index (χ2v) is 7.08. The van der Waals surface area contributed by atoms with Gasteiger partial charge in [0.05, 0.1) is 12.0 Å². The topological polar surface area (TPSA) is 88.0 Å². The van der Waals surface area contributed by atoms with Crippen LogP contribution in [0.4, 0.5) is 0 Å². The maximum absolute atomic E-state index is 12.2. The quantitative estimate of drug-likeness (QED) is 0.723. The summed E-state index contributed by atoms with van der Waals surface area (Å²) < 4.78 is 5.68. The molecule has 1 heterocycles. The van der Waals surface area contributed by atoms with Gasteiger partial charge in [-0.2, -0.15) is 4.99 Å². The fourth-order valence-corrected chi connectivity index (χ4v) is 3.45. The molecule has 2 aromatic carbocycles. The number of thioether (sulfide) groups is 1. The van der Waals surface area contributed by atoms with Gasteiger partial charge in [-0.05, 0) is 47.7 Å². The number of hydrogen-bond donors (Lipinski definition) is 2. The number of amides is 2. The molecule has 1 aliphatic heterocycles. The summed E-state index contributed by atoms with van der Waals surface area (Å²) in [6.45, 7) is 0. The lowest BCUT2D eigenvalue weighted by atomic mass is 10.2. The van der Waals surface area contributed by atoms with Crippen LogP contribution in [0.25, 0.3) is 6.08 Å². The van der Waals surface area contributed by atoms with Gasteiger partial charge in [-0.15, -0.1) is 0 Å². The van der Waals surface area contributed by atoms with Crippen LogP contribution in [-0.2, 0) is 4.79 Å². The van der Waals surface area contributed by atoms with E-state index in [4.69, 9.17) is 4.74 Å². The Balaban J connectivity index is 1.85. The Labute approximate surface area is 162 Å².